The van der Waals surface area contributed by atoms with Gasteiger partial charge in [0.2, 0.25) is 0 Å². The monoisotopic (exact) mass is 452 g/mol. The Morgan fingerprint density at radius 1 is 0.970 bits per heavy atom. The molecule has 4 rings (SSSR count). The molecular weight excluding hydrogens is 416 g/mol. The second-order valence-electron chi connectivity index (χ2n) is 8.84. The van der Waals surface area contributed by atoms with E-state index in [-0.39, 0.29) is 12.1 Å². The first-order valence-electron chi connectivity index (χ1n) is 12.1. The van der Waals surface area contributed by atoms with Gasteiger partial charge in [-0.1, -0.05) is 36.4 Å². The Labute approximate surface area is 197 Å². The van der Waals surface area contributed by atoms with Crippen LogP contribution in [0.5, 0.6) is 11.5 Å². The molecule has 0 bridgehead atoms. The summed E-state index contributed by atoms with van der Waals surface area (Å²) >= 11 is 0. The van der Waals surface area contributed by atoms with E-state index in [1.54, 1.807) is 0 Å². The van der Waals surface area contributed by atoms with Crippen LogP contribution >= 0.6 is 0 Å². The molecule has 1 fully saturated rings. The number of ether oxygens (including phenoxy) is 2. The number of nitrogens with one attached hydrogen (secondary N) is 2. The molecule has 2 N–H and O–H groups in total. The van der Waals surface area contributed by atoms with Crippen LogP contribution in [-0.4, -0.2) is 68.3 Å². The maximum atomic E-state index is 12.3. The Morgan fingerprint density at radius 3 is 2.48 bits per heavy atom. The third kappa shape index (κ3) is 7.11. The summed E-state index contributed by atoms with van der Waals surface area (Å²) in [5, 5.41) is 6.01. The van der Waals surface area contributed by atoms with Crippen LogP contribution in [0.25, 0.3) is 0 Å². The molecule has 2 aliphatic rings. The number of piperazine rings is 1. The van der Waals surface area contributed by atoms with E-state index in [0.717, 1.165) is 69.2 Å². The van der Waals surface area contributed by atoms with Crippen molar-refractivity contribution in [2.24, 2.45) is 0 Å². The van der Waals surface area contributed by atoms with Gasteiger partial charge in [0.05, 0.1) is 19.3 Å². The molecule has 0 saturated carbocycles. The van der Waals surface area contributed by atoms with E-state index in [1.165, 1.54) is 5.56 Å². The lowest BCUT2D eigenvalue weighted by Gasteiger charge is -2.34. The third-order valence-electron chi connectivity index (χ3n) is 6.27. The highest BCUT2D eigenvalue weighted by atomic mass is 16.5. The Bertz CT molecular complexity index is 884. The van der Waals surface area contributed by atoms with Gasteiger partial charge >= 0.3 is 6.03 Å². The van der Waals surface area contributed by atoms with Crippen LogP contribution in [0.3, 0.4) is 0 Å². The van der Waals surface area contributed by atoms with Crippen molar-refractivity contribution in [1.82, 2.24) is 20.4 Å². The number of urea groups is 1. The summed E-state index contributed by atoms with van der Waals surface area (Å²) in [5.41, 5.74) is 2.38. The predicted octanol–water partition coefficient (Wildman–Crippen LogP) is 3.42. The van der Waals surface area contributed by atoms with Crippen molar-refractivity contribution in [3.8, 4) is 11.5 Å². The van der Waals surface area contributed by atoms with Gasteiger partial charge < -0.3 is 25.0 Å². The number of carbonyl (C=O) groups is 1. The fourth-order valence-corrected chi connectivity index (χ4v) is 4.30. The van der Waals surface area contributed by atoms with E-state index in [9.17, 15) is 4.79 Å². The molecule has 0 radical (unpaired) electrons. The third-order valence-corrected chi connectivity index (χ3v) is 6.27. The van der Waals surface area contributed by atoms with Crippen molar-refractivity contribution in [3.05, 3.63) is 59.7 Å². The number of amides is 2. The van der Waals surface area contributed by atoms with Gasteiger partial charge in [-0.05, 0) is 43.1 Å². The number of hydrogen-bond donors (Lipinski definition) is 2. The van der Waals surface area contributed by atoms with Gasteiger partial charge in [-0.3, -0.25) is 4.90 Å². The van der Waals surface area contributed by atoms with E-state index < -0.39 is 0 Å². The zero-order valence-corrected chi connectivity index (χ0v) is 19.6. The van der Waals surface area contributed by atoms with Crippen LogP contribution in [0.4, 0.5) is 4.79 Å². The fraction of sp³-hybridized carbons (Fsp3) is 0.500. The van der Waals surface area contributed by atoms with Crippen molar-refractivity contribution >= 4 is 6.03 Å². The quantitative estimate of drug-likeness (QED) is 0.601. The molecule has 33 heavy (non-hydrogen) atoms. The molecule has 2 amide bonds. The van der Waals surface area contributed by atoms with Crippen LogP contribution in [-0.2, 0) is 6.54 Å². The van der Waals surface area contributed by atoms with E-state index >= 15 is 0 Å². The maximum absolute atomic E-state index is 12.3. The molecule has 2 aromatic carbocycles. The molecule has 2 aliphatic heterocycles. The summed E-state index contributed by atoms with van der Waals surface area (Å²) in [4.78, 5) is 17.3. The van der Waals surface area contributed by atoms with Crippen LogP contribution in [0.1, 0.15) is 36.9 Å². The van der Waals surface area contributed by atoms with E-state index in [4.69, 9.17) is 9.47 Å². The smallest absolute Gasteiger partial charge is 0.315 e. The SMILES string of the molecule is CC(NC(=O)NCCCN1CCN(Cc2ccccc2)CC1)c1ccc2c(c1)OCCCO2. The number of benzene rings is 2. The lowest BCUT2D eigenvalue weighted by atomic mass is 10.1. The second kappa shape index (κ2) is 11.9. The average molecular weight is 453 g/mol. The van der Waals surface area contributed by atoms with E-state index in [0.29, 0.717) is 19.8 Å². The van der Waals surface area contributed by atoms with Crippen LogP contribution in [0.2, 0.25) is 0 Å². The highest BCUT2D eigenvalue weighted by Crippen LogP contribution is 2.32. The van der Waals surface area contributed by atoms with E-state index in [2.05, 4.69) is 50.8 Å². The summed E-state index contributed by atoms with van der Waals surface area (Å²) in [6.45, 7) is 10.4. The summed E-state index contributed by atoms with van der Waals surface area (Å²) < 4.78 is 11.4. The molecule has 1 atom stereocenters. The van der Waals surface area contributed by atoms with Crippen molar-refractivity contribution in [1.29, 1.82) is 0 Å². The van der Waals surface area contributed by atoms with Crippen molar-refractivity contribution < 1.29 is 14.3 Å². The molecule has 1 unspecified atom stereocenters. The molecule has 2 heterocycles. The first-order chi connectivity index (χ1) is 16.2. The highest BCUT2D eigenvalue weighted by molar-refractivity contribution is 5.74. The standard InChI is InChI=1S/C26H36N4O3/c1-21(23-9-10-24-25(19-23)33-18-6-17-32-24)28-26(31)27-11-5-12-29-13-15-30(16-14-29)20-22-7-3-2-4-8-22/h2-4,7-10,19,21H,5-6,11-18,20H2,1H3,(H2,27,28,31). The van der Waals surface area contributed by atoms with Gasteiger partial charge in [-0.25, -0.2) is 4.79 Å². The van der Waals surface area contributed by atoms with Gasteiger partial charge in [0.15, 0.2) is 11.5 Å². The molecule has 178 valence electrons. The molecular formula is C26H36N4O3. The molecule has 0 spiro atoms. The molecule has 0 aliphatic carbocycles. The molecule has 2 aromatic rings. The summed E-state index contributed by atoms with van der Waals surface area (Å²) in [5.74, 6) is 1.52. The van der Waals surface area contributed by atoms with Crippen LogP contribution < -0.4 is 20.1 Å². The van der Waals surface area contributed by atoms with Crippen molar-refractivity contribution in [3.63, 3.8) is 0 Å². The number of nitrogens with zero attached hydrogens (tertiary/aromatic N) is 2. The first-order valence-corrected chi connectivity index (χ1v) is 12.1. The lowest BCUT2D eigenvalue weighted by Crippen LogP contribution is -2.46. The zero-order valence-electron chi connectivity index (χ0n) is 19.6. The normalized spacial score (nSPS) is 17.7. The topological polar surface area (TPSA) is 66.1 Å². The largest absolute Gasteiger partial charge is 0.490 e. The van der Waals surface area contributed by atoms with Gasteiger partial charge in [0, 0.05) is 45.7 Å². The highest BCUT2D eigenvalue weighted by Gasteiger charge is 2.17. The van der Waals surface area contributed by atoms with Crippen LogP contribution in [0, 0.1) is 0 Å². The summed E-state index contributed by atoms with van der Waals surface area (Å²) in [6.07, 6.45) is 1.83. The van der Waals surface area contributed by atoms with Gasteiger partial charge in [-0.2, -0.15) is 0 Å². The number of rotatable bonds is 8. The Hall–Kier alpha value is -2.77. The molecule has 1 saturated heterocycles. The fourth-order valence-electron chi connectivity index (χ4n) is 4.30. The van der Waals surface area contributed by atoms with Gasteiger partial charge in [0.1, 0.15) is 0 Å². The molecule has 7 heteroatoms. The van der Waals surface area contributed by atoms with Gasteiger partial charge in [-0.15, -0.1) is 0 Å². The second-order valence-corrected chi connectivity index (χ2v) is 8.84. The number of hydrogen-bond acceptors (Lipinski definition) is 5. The zero-order chi connectivity index (χ0) is 22.9. The van der Waals surface area contributed by atoms with Crippen molar-refractivity contribution in [2.75, 3.05) is 52.5 Å². The Balaban J connectivity index is 1.11. The number of carbonyl (C=O) groups excluding carboxylic acids is 1. The Kier molecular flexibility index (Phi) is 8.44. The summed E-state index contributed by atoms with van der Waals surface area (Å²) in [7, 11) is 0. The summed E-state index contributed by atoms with van der Waals surface area (Å²) in [6, 6.07) is 16.3. The van der Waals surface area contributed by atoms with Crippen LogP contribution in [0.15, 0.2) is 48.5 Å². The van der Waals surface area contributed by atoms with E-state index in [1.807, 2.05) is 25.1 Å². The minimum absolute atomic E-state index is 0.111. The predicted molar refractivity (Wildman–Crippen MR) is 130 cm³/mol. The maximum Gasteiger partial charge on any atom is 0.315 e. The lowest BCUT2D eigenvalue weighted by molar-refractivity contribution is 0.126. The minimum Gasteiger partial charge on any atom is -0.490 e. The number of fused-ring (bicyclic) bond motifs is 1. The van der Waals surface area contributed by atoms with Crippen molar-refractivity contribution in [2.45, 2.75) is 32.4 Å². The van der Waals surface area contributed by atoms with Gasteiger partial charge in [0.25, 0.3) is 0 Å². The first kappa shape index (κ1) is 23.4. The molecule has 7 nitrogen and oxygen atoms in total. The minimum atomic E-state index is -0.137. The molecule has 0 aromatic heterocycles. The average Bonchev–Trinajstić information content (AvgIpc) is 3.08. The Morgan fingerprint density at radius 2 is 1.70 bits per heavy atom.